The Balaban J connectivity index is 2.02. The van der Waals surface area contributed by atoms with Crippen LogP contribution >= 0.6 is 0 Å². The molecule has 0 radical (unpaired) electrons. The van der Waals surface area contributed by atoms with E-state index in [1.165, 1.54) is 30.9 Å². The Morgan fingerprint density at radius 1 is 1.07 bits per heavy atom. The summed E-state index contributed by atoms with van der Waals surface area (Å²) in [5.74, 6) is 0.331. The van der Waals surface area contributed by atoms with E-state index < -0.39 is 11.6 Å². The van der Waals surface area contributed by atoms with E-state index in [0.717, 1.165) is 0 Å². The van der Waals surface area contributed by atoms with Crippen molar-refractivity contribution in [3.05, 3.63) is 58.6 Å². The van der Waals surface area contributed by atoms with E-state index in [4.69, 9.17) is 15.2 Å². The topological polar surface area (TPSA) is 145 Å². The molecule has 4 N–H and O–H groups in total. The first-order chi connectivity index (χ1) is 14.4. The fraction of sp³-hybridized carbons (Fsp3) is 0.100. The largest absolute Gasteiger partial charge is 0.508 e. The molecule has 0 atom stereocenters. The predicted octanol–water partition coefficient (Wildman–Crippen LogP) is 1.60. The summed E-state index contributed by atoms with van der Waals surface area (Å²) < 4.78 is 11.8. The average Bonchev–Trinajstić information content (AvgIpc) is 3.08. The zero-order valence-electron chi connectivity index (χ0n) is 16.0. The van der Waals surface area contributed by atoms with Gasteiger partial charge in [0.25, 0.3) is 5.91 Å². The minimum absolute atomic E-state index is 0.0684. The highest BCUT2D eigenvalue weighted by molar-refractivity contribution is 6.02. The summed E-state index contributed by atoms with van der Waals surface area (Å²) in [6.45, 7) is 0. The van der Waals surface area contributed by atoms with Gasteiger partial charge in [-0.3, -0.25) is 4.79 Å². The van der Waals surface area contributed by atoms with E-state index in [1.54, 1.807) is 30.3 Å². The molecule has 10 nitrogen and oxygen atoms in total. The second-order valence-electron chi connectivity index (χ2n) is 6.31. The van der Waals surface area contributed by atoms with Crippen LogP contribution in [0.5, 0.6) is 17.2 Å². The van der Waals surface area contributed by atoms with Gasteiger partial charge in [0.1, 0.15) is 11.3 Å². The maximum absolute atomic E-state index is 12.7. The normalized spacial score (nSPS) is 10.9. The molecule has 0 aliphatic heterocycles. The van der Waals surface area contributed by atoms with Crippen molar-refractivity contribution in [3.63, 3.8) is 0 Å². The van der Waals surface area contributed by atoms with Crippen LogP contribution in [0.1, 0.15) is 10.5 Å². The number of methoxy groups -OCH3 is 2. The quantitative estimate of drug-likeness (QED) is 0.455. The first kappa shape index (κ1) is 19.0. The Labute approximate surface area is 169 Å². The molecule has 4 aromatic rings. The predicted molar refractivity (Wildman–Crippen MR) is 108 cm³/mol. The minimum atomic E-state index is -0.817. The van der Waals surface area contributed by atoms with Gasteiger partial charge in [-0.25, -0.2) is 19.3 Å². The molecule has 0 unspecified atom stereocenters. The third kappa shape index (κ3) is 3.09. The zero-order valence-corrected chi connectivity index (χ0v) is 16.0. The van der Waals surface area contributed by atoms with Crippen molar-refractivity contribution in [2.45, 2.75) is 0 Å². The number of nitrogens with two attached hydrogens (primary N) is 1. The molecule has 0 spiro atoms. The van der Waals surface area contributed by atoms with Gasteiger partial charge < -0.3 is 25.3 Å². The van der Waals surface area contributed by atoms with E-state index in [-0.39, 0.29) is 28.4 Å². The number of imidazole rings is 1. The monoisotopic (exact) mass is 407 g/mol. The first-order valence-electron chi connectivity index (χ1n) is 8.77. The zero-order chi connectivity index (χ0) is 21.4. The molecule has 0 bridgehead atoms. The molecular formula is C20H17N5O5. The van der Waals surface area contributed by atoms with Crippen molar-refractivity contribution in [3.8, 4) is 34.3 Å². The number of rotatable bonds is 5. The highest BCUT2D eigenvalue weighted by Gasteiger charge is 2.21. The van der Waals surface area contributed by atoms with Crippen LogP contribution in [0.3, 0.4) is 0 Å². The minimum Gasteiger partial charge on any atom is -0.508 e. The molecule has 0 fully saturated rings. The summed E-state index contributed by atoms with van der Waals surface area (Å²) in [5.41, 5.74) is 6.09. The van der Waals surface area contributed by atoms with Crippen LogP contribution in [0.25, 0.3) is 28.2 Å². The molecule has 4 rings (SSSR count). The number of benzene rings is 2. The molecule has 2 aromatic heterocycles. The lowest BCUT2D eigenvalue weighted by atomic mass is 10.2. The highest BCUT2D eigenvalue weighted by atomic mass is 16.5. The number of carbonyl (C=O) groups excluding carboxylic acids is 1. The van der Waals surface area contributed by atoms with E-state index in [9.17, 15) is 14.7 Å². The Bertz CT molecular complexity index is 1320. The van der Waals surface area contributed by atoms with Crippen molar-refractivity contribution in [1.29, 1.82) is 0 Å². The summed E-state index contributed by atoms with van der Waals surface area (Å²) in [7, 11) is 2.99. The third-order valence-corrected chi connectivity index (χ3v) is 4.52. The summed E-state index contributed by atoms with van der Waals surface area (Å²) in [6.07, 6.45) is 0. The van der Waals surface area contributed by atoms with Crippen LogP contribution in [0.4, 0.5) is 0 Å². The lowest BCUT2D eigenvalue weighted by Gasteiger charge is -2.10. The number of carbonyl (C=O) groups is 1. The number of primary amides is 1. The number of hydrogen-bond donors (Lipinski definition) is 3. The number of ether oxygens (including phenoxy) is 2. The SMILES string of the molecule is COc1ccc(-n2c(=O)[nH]c3c(C(N)=O)nc(-c4ccc(O)cc4)nc32)cc1OC. The average molecular weight is 407 g/mol. The number of nitrogens with zero attached hydrogens (tertiary/aromatic N) is 3. The van der Waals surface area contributed by atoms with Crippen molar-refractivity contribution in [2.24, 2.45) is 5.73 Å². The Morgan fingerprint density at radius 2 is 1.77 bits per heavy atom. The van der Waals surface area contributed by atoms with Crippen LogP contribution in [0, 0.1) is 0 Å². The summed E-state index contributed by atoms with van der Waals surface area (Å²) in [5, 5.41) is 9.52. The molecular weight excluding hydrogens is 390 g/mol. The summed E-state index contributed by atoms with van der Waals surface area (Å²) in [6, 6.07) is 11.0. The molecule has 2 heterocycles. The fourth-order valence-corrected chi connectivity index (χ4v) is 3.11. The van der Waals surface area contributed by atoms with Crippen molar-refractivity contribution >= 4 is 17.1 Å². The number of aromatic nitrogens is 4. The van der Waals surface area contributed by atoms with E-state index in [2.05, 4.69) is 15.0 Å². The van der Waals surface area contributed by atoms with E-state index >= 15 is 0 Å². The molecule has 2 aromatic carbocycles. The van der Waals surface area contributed by atoms with Crippen molar-refractivity contribution < 1.29 is 19.4 Å². The van der Waals surface area contributed by atoms with Gasteiger partial charge in [0, 0.05) is 11.6 Å². The molecule has 30 heavy (non-hydrogen) atoms. The number of aromatic hydroxyl groups is 1. The molecule has 10 heteroatoms. The number of amides is 1. The van der Waals surface area contributed by atoms with Crippen LogP contribution in [0.15, 0.2) is 47.3 Å². The van der Waals surface area contributed by atoms with Crippen LogP contribution in [0.2, 0.25) is 0 Å². The van der Waals surface area contributed by atoms with E-state index in [1.807, 2.05) is 0 Å². The standard InChI is InChI=1S/C20H17N5O5/c1-29-13-8-5-11(9-14(13)30-2)25-19-16(23-20(25)28)15(17(21)27)22-18(24-19)10-3-6-12(26)7-4-10/h3-9,26H,1-2H3,(H2,21,27)(H,23,28). The van der Waals surface area contributed by atoms with Gasteiger partial charge in [-0.2, -0.15) is 0 Å². The Morgan fingerprint density at radius 3 is 2.40 bits per heavy atom. The lowest BCUT2D eigenvalue weighted by molar-refractivity contribution is 0.0997. The molecule has 0 saturated carbocycles. The summed E-state index contributed by atoms with van der Waals surface area (Å²) in [4.78, 5) is 36.0. The van der Waals surface area contributed by atoms with Crippen molar-refractivity contribution in [2.75, 3.05) is 14.2 Å². The van der Waals surface area contributed by atoms with Gasteiger partial charge in [0.2, 0.25) is 0 Å². The number of phenols is 1. The molecule has 1 amide bonds. The van der Waals surface area contributed by atoms with Crippen LogP contribution < -0.4 is 20.9 Å². The van der Waals surface area contributed by atoms with Gasteiger partial charge in [0.05, 0.1) is 19.9 Å². The molecule has 152 valence electrons. The number of aromatic amines is 1. The number of phenolic OH excluding ortho intramolecular Hbond substituents is 1. The Hall–Kier alpha value is -4.34. The smallest absolute Gasteiger partial charge is 0.332 e. The number of H-pyrrole nitrogens is 1. The van der Waals surface area contributed by atoms with Gasteiger partial charge in [0.15, 0.2) is 28.7 Å². The third-order valence-electron chi connectivity index (χ3n) is 4.52. The fourth-order valence-electron chi connectivity index (χ4n) is 3.11. The second-order valence-corrected chi connectivity index (χ2v) is 6.31. The second kappa shape index (κ2) is 7.24. The number of hydrogen-bond acceptors (Lipinski definition) is 7. The molecule has 0 aliphatic carbocycles. The maximum atomic E-state index is 12.7. The number of fused-ring (bicyclic) bond motifs is 1. The van der Waals surface area contributed by atoms with Crippen LogP contribution in [-0.2, 0) is 0 Å². The first-order valence-corrected chi connectivity index (χ1v) is 8.77. The highest BCUT2D eigenvalue weighted by Crippen LogP contribution is 2.30. The number of nitrogens with one attached hydrogen (secondary N) is 1. The molecule has 0 aliphatic rings. The van der Waals surface area contributed by atoms with Gasteiger partial charge in [-0.1, -0.05) is 0 Å². The van der Waals surface area contributed by atoms with Gasteiger partial charge in [-0.15, -0.1) is 0 Å². The maximum Gasteiger partial charge on any atom is 0.332 e. The van der Waals surface area contributed by atoms with Crippen molar-refractivity contribution in [1.82, 2.24) is 19.5 Å². The Kier molecular flexibility index (Phi) is 4.59. The molecule has 0 saturated heterocycles. The van der Waals surface area contributed by atoms with E-state index in [0.29, 0.717) is 22.7 Å². The van der Waals surface area contributed by atoms with Gasteiger partial charge in [-0.05, 0) is 36.4 Å². The lowest BCUT2D eigenvalue weighted by Crippen LogP contribution is -2.15. The van der Waals surface area contributed by atoms with Gasteiger partial charge >= 0.3 is 5.69 Å². The summed E-state index contributed by atoms with van der Waals surface area (Å²) >= 11 is 0. The van der Waals surface area contributed by atoms with Crippen LogP contribution in [-0.4, -0.2) is 44.8 Å².